The Hall–Kier alpha value is -3.32. The van der Waals surface area contributed by atoms with Gasteiger partial charge in [-0.15, -0.1) is 0 Å². The molecule has 3 rings (SSSR count). The average molecular weight is 454 g/mol. The molecule has 0 saturated heterocycles. The summed E-state index contributed by atoms with van der Waals surface area (Å²) in [5, 5.41) is 10.9. The third-order valence-corrected chi connectivity index (χ3v) is 5.17. The zero-order valence-corrected chi connectivity index (χ0v) is 19.5. The van der Waals surface area contributed by atoms with Crippen LogP contribution in [0.25, 0.3) is 5.69 Å². The minimum Gasteiger partial charge on any atom is -0.315 e. The number of halogens is 1. The van der Waals surface area contributed by atoms with E-state index in [1.54, 1.807) is 22.9 Å². The van der Waals surface area contributed by atoms with Crippen molar-refractivity contribution in [2.24, 2.45) is 0 Å². The molecule has 0 aliphatic rings. The Morgan fingerprint density at radius 3 is 2.31 bits per heavy atom. The lowest BCUT2D eigenvalue weighted by Crippen LogP contribution is -2.40. The topological polar surface area (TPSA) is 79.3 Å². The summed E-state index contributed by atoms with van der Waals surface area (Å²) >= 11 is 6.38. The number of rotatable bonds is 6. The highest BCUT2D eigenvalue weighted by molar-refractivity contribution is 6.32. The summed E-state index contributed by atoms with van der Waals surface area (Å²) in [5.41, 5.74) is 1.91. The number of hydrogen-bond acceptors (Lipinski definition) is 3. The standard InChI is InChI=1S/C24H28ClN5O2/c1-5-29(23(32)26-17-11-7-6-8-12-17)16-22(31)27-21-15-20(24(2,3)4)28-30(21)19-14-10-9-13-18(19)25/h6-15H,5,16H2,1-4H3,(H,26,32)(H,27,31). The number of urea groups is 1. The van der Waals surface area contributed by atoms with E-state index in [-0.39, 0.29) is 23.9 Å². The van der Waals surface area contributed by atoms with E-state index in [0.717, 1.165) is 5.69 Å². The van der Waals surface area contributed by atoms with E-state index >= 15 is 0 Å². The van der Waals surface area contributed by atoms with Gasteiger partial charge in [-0.05, 0) is 31.2 Å². The number of carbonyl (C=O) groups excluding carboxylic acids is 2. The van der Waals surface area contributed by atoms with Gasteiger partial charge in [0.05, 0.1) is 16.4 Å². The molecule has 0 radical (unpaired) electrons. The number of amides is 3. The molecule has 0 atom stereocenters. The van der Waals surface area contributed by atoms with E-state index < -0.39 is 0 Å². The molecule has 32 heavy (non-hydrogen) atoms. The number of nitrogens with one attached hydrogen (secondary N) is 2. The molecule has 168 valence electrons. The molecular formula is C24H28ClN5O2. The summed E-state index contributed by atoms with van der Waals surface area (Å²) in [6, 6.07) is 17.9. The van der Waals surface area contributed by atoms with Gasteiger partial charge in [0.15, 0.2) is 0 Å². The summed E-state index contributed by atoms with van der Waals surface area (Å²) in [4.78, 5) is 26.9. The van der Waals surface area contributed by atoms with Gasteiger partial charge in [0.1, 0.15) is 12.4 Å². The number of anilines is 2. The van der Waals surface area contributed by atoms with Gasteiger partial charge in [0.2, 0.25) is 5.91 Å². The Labute approximate surface area is 193 Å². The number of hydrogen-bond donors (Lipinski definition) is 2. The van der Waals surface area contributed by atoms with Gasteiger partial charge < -0.3 is 15.5 Å². The van der Waals surface area contributed by atoms with Crippen LogP contribution in [0.2, 0.25) is 5.02 Å². The lowest BCUT2D eigenvalue weighted by molar-refractivity contribution is -0.116. The smallest absolute Gasteiger partial charge is 0.315 e. The monoisotopic (exact) mass is 453 g/mol. The van der Waals surface area contributed by atoms with Crippen molar-refractivity contribution < 1.29 is 9.59 Å². The van der Waals surface area contributed by atoms with Crippen LogP contribution in [0.4, 0.5) is 16.3 Å². The molecule has 0 unspecified atom stereocenters. The van der Waals surface area contributed by atoms with Crippen molar-refractivity contribution in [1.29, 1.82) is 0 Å². The number of likely N-dealkylation sites (N-methyl/N-ethyl adjacent to an activating group) is 1. The molecule has 7 nitrogen and oxygen atoms in total. The van der Waals surface area contributed by atoms with E-state index in [0.29, 0.717) is 28.8 Å². The Kier molecular flexibility index (Phi) is 7.20. The van der Waals surface area contributed by atoms with Crippen LogP contribution in [-0.2, 0) is 10.2 Å². The SMILES string of the molecule is CCN(CC(=O)Nc1cc(C(C)(C)C)nn1-c1ccccc1Cl)C(=O)Nc1ccccc1. The van der Waals surface area contributed by atoms with Gasteiger partial charge in [-0.1, -0.05) is 62.7 Å². The molecule has 0 bridgehead atoms. The van der Waals surface area contributed by atoms with Gasteiger partial charge in [0.25, 0.3) is 0 Å². The Balaban J connectivity index is 1.79. The summed E-state index contributed by atoms with van der Waals surface area (Å²) in [7, 11) is 0. The number of benzene rings is 2. The molecule has 2 N–H and O–H groups in total. The molecular weight excluding hydrogens is 426 g/mol. The van der Waals surface area contributed by atoms with Gasteiger partial charge in [-0.25, -0.2) is 9.48 Å². The van der Waals surface area contributed by atoms with Crippen LogP contribution >= 0.6 is 11.6 Å². The van der Waals surface area contributed by atoms with Crippen molar-refractivity contribution >= 4 is 35.0 Å². The first-order valence-corrected chi connectivity index (χ1v) is 10.8. The Bertz CT molecular complexity index is 1090. The molecule has 0 aliphatic carbocycles. The van der Waals surface area contributed by atoms with Gasteiger partial charge in [-0.2, -0.15) is 5.10 Å². The van der Waals surface area contributed by atoms with E-state index in [2.05, 4.69) is 15.7 Å². The van der Waals surface area contributed by atoms with Gasteiger partial charge in [0, 0.05) is 23.7 Å². The second-order valence-electron chi connectivity index (χ2n) is 8.39. The molecule has 0 fully saturated rings. The highest BCUT2D eigenvalue weighted by atomic mass is 35.5. The molecule has 8 heteroatoms. The third-order valence-electron chi connectivity index (χ3n) is 4.85. The average Bonchev–Trinajstić information content (AvgIpc) is 3.17. The molecule has 2 aromatic carbocycles. The van der Waals surface area contributed by atoms with Gasteiger partial charge >= 0.3 is 6.03 Å². The fourth-order valence-electron chi connectivity index (χ4n) is 3.05. The normalized spacial score (nSPS) is 11.2. The number of carbonyl (C=O) groups is 2. The summed E-state index contributed by atoms with van der Waals surface area (Å²) < 4.78 is 1.63. The van der Waals surface area contributed by atoms with Crippen molar-refractivity contribution in [2.45, 2.75) is 33.1 Å². The summed E-state index contributed by atoms with van der Waals surface area (Å²) in [6.07, 6.45) is 0. The molecule has 0 saturated carbocycles. The zero-order chi connectivity index (χ0) is 23.3. The van der Waals surface area contributed by atoms with Crippen molar-refractivity contribution in [3.05, 3.63) is 71.4 Å². The van der Waals surface area contributed by atoms with Crippen LogP contribution in [0.15, 0.2) is 60.7 Å². The second-order valence-corrected chi connectivity index (χ2v) is 8.79. The van der Waals surface area contributed by atoms with Crippen molar-refractivity contribution in [2.75, 3.05) is 23.7 Å². The molecule has 0 spiro atoms. The summed E-state index contributed by atoms with van der Waals surface area (Å²) in [5.74, 6) is 0.163. The van der Waals surface area contributed by atoms with Crippen molar-refractivity contribution in [3.8, 4) is 5.69 Å². The van der Waals surface area contributed by atoms with Crippen molar-refractivity contribution in [3.63, 3.8) is 0 Å². The highest BCUT2D eigenvalue weighted by Crippen LogP contribution is 2.29. The van der Waals surface area contributed by atoms with Crippen LogP contribution in [0.1, 0.15) is 33.4 Å². The zero-order valence-electron chi connectivity index (χ0n) is 18.7. The van der Waals surface area contributed by atoms with Crippen LogP contribution in [0.5, 0.6) is 0 Å². The number of aromatic nitrogens is 2. The first-order valence-electron chi connectivity index (χ1n) is 10.5. The van der Waals surface area contributed by atoms with Crippen LogP contribution in [0, 0.1) is 0 Å². The maximum atomic E-state index is 12.9. The van der Waals surface area contributed by atoms with Gasteiger partial charge in [-0.3, -0.25) is 4.79 Å². The third kappa shape index (κ3) is 5.68. The maximum absolute atomic E-state index is 12.9. The molecule has 1 aromatic heterocycles. The molecule has 3 amide bonds. The highest BCUT2D eigenvalue weighted by Gasteiger charge is 2.23. The maximum Gasteiger partial charge on any atom is 0.322 e. The van der Waals surface area contributed by atoms with Crippen LogP contribution in [0.3, 0.4) is 0 Å². The fourth-order valence-corrected chi connectivity index (χ4v) is 3.27. The predicted molar refractivity (Wildman–Crippen MR) is 129 cm³/mol. The minimum atomic E-state index is -0.344. The fraction of sp³-hybridized carbons (Fsp3) is 0.292. The molecule has 3 aromatic rings. The lowest BCUT2D eigenvalue weighted by Gasteiger charge is -2.21. The van der Waals surface area contributed by atoms with E-state index in [9.17, 15) is 9.59 Å². The molecule has 1 heterocycles. The summed E-state index contributed by atoms with van der Waals surface area (Å²) in [6.45, 7) is 8.24. The Morgan fingerprint density at radius 1 is 1.03 bits per heavy atom. The van der Waals surface area contributed by atoms with Crippen LogP contribution in [-0.4, -0.2) is 39.7 Å². The quantitative estimate of drug-likeness (QED) is 0.530. The first kappa shape index (κ1) is 23.3. The van der Waals surface area contributed by atoms with E-state index in [1.165, 1.54) is 4.90 Å². The van der Waals surface area contributed by atoms with E-state index in [4.69, 9.17) is 11.6 Å². The van der Waals surface area contributed by atoms with Crippen molar-refractivity contribution in [1.82, 2.24) is 14.7 Å². The van der Waals surface area contributed by atoms with E-state index in [1.807, 2.05) is 70.2 Å². The number of nitrogens with zero attached hydrogens (tertiary/aromatic N) is 3. The second kappa shape index (κ2) is 9.87. The molecule has 0 aliphatic heterocycles. The Morgan fingerprint density at radius 2 is 1.69 bits per heavy atom. The lowest BCUT2D eigenvalue weighted by atomic mass is 9.92. The minimum absolute atomic E-state index is 0.103. The predicted octanol–water partition coefficient (Wildman–Crippen LogP) is 5.32. The van der Waals surface area contributed by atoms with Crippen LogP contribution < -0.4 is 10.6 Å². The number of para-hydroxylation sites is 2. The first-order chi connectivity index (χ1) is 15.2. The largest absolute Gasteiger partial charge is 0.322 e.